The molecule has 114 valence electrons. The average Bonchev–Trinajstić information content (AvgIpc) is 2.61. The molecule has 0 N–H and O–H groups in total. The molecule has 0 spiro atoms. The monoisotopic (exact) mass is 310 g/mol. The Bertz CT molecular complexity index is 628. The minimum atomic E-state index is 1.04. The number of nitrogens with zero attached hydrogens (tertiary/aromatic N) is 2. The van der Waals surface area contributed by atoms with Gasteiger partial charge in [0.25, 0.3) is 0 Å². The molecule has 3 heteroatoms. The van der Waals surface area contributed by atoms with Crippen LogP contribution in [0.5, 0.6) is 0 Å². The van der Waals surface area contributed by atoms with Gasteiger partial charge >= 0.3 is 0 Å². The van der Waals surface area contributed by atoms with E-state index in [-0.39, 0.29) is 0 Å². The summed E-state index contributed by atoms with van der Waals surface area (Å²) >= 11 is 1.73. The number of hydrogen-bond donors (Lipinski definition) is 0. The van der Waals surface area contributed by atoms with E-state index in [9.17, 15) is 0 Å². The number of anilines is 1. The first-order chi connectivity index (χ1) is 10.9. The van der Waals surface area contributed by atoms with Gasteiger partial charge < -0.3 is 4.90 Å². The first kappa shape index (κ1) is 15.2. The molecule has 0 aliphatic carbocycles. The van der Waals surface area contributed by atoms with Crippen molar-refractivity contribution in [3.05, 3.63) is 54.1 Å². The van der Waals surface area contributed by atoms with Gasteiger partial charge in [0.2, 0.25) is 0 Å². The third-order valence-corrected chi connectivity index (χ3v) is 4.84. The molecule has 0 radical (unpaired) electrons. The Hall–Kier alpha value is -1.74. The number of hydrogen-bond acceptors (Lipinski definition) is 3. The predicted molar refractivity (Wildman–Crippen MR) is 98.0 cm³/mol. The molecule has 2 nitrogen and oxygen atoms in total. The molecule has 3 rings (SSSR count). The van der Waals surface area contributed by atoms with Gasteiger partial charge in [-0.05, 0) is 55.3 Å². The normalized spacial score (nSPS) is 15.4. The molecule has 0 amide bonds. The average molecular weight is 310 g/mol. The van der Waals surface area contributed by atoms with Crippen LogP contribution in [0.1, 0.15) is 24.8 Å². The van der Waals surface area contributed by atoms with Gasteiger partial charge in [0.15, 0.2) is 0 Å². The highest BCUT2D eigenvalue weighted by Gasteiger charge is 2.10. The zero-order valence-electron chi connectivity index (χ0n) is 13.0. The van der Waals surface area contributed by atoms with E-state index in [4.69, 9.17) is 0 Å². The van der Waals surface area contributed by atoms with Crippen LogP contribution in [0.3, 0.4) is 0 Å². The van der Waals surface area contributed by atoms with Crippen molar-refractivity contribution in [3.8, 4) is 0 Å². The van der Waals surface area contributed by atoms with E-state index in [2.05, 4.69) is 58.6 Å². The second-order valence-corrected chi connectivity index (χ2v) is 6.42. The van der Waals surface area contributed by atoms with E-state index in [1.54, 1.807) is 11.8 Å². The van der Waals surface area contributed by atoms with Crippen LogP contribution in [-0.4, -0.2) is 25.6 Å². The van der Waals surface area contributed by atoms with Gasteiger partial charge in [0.1, 0.15) is 0 Å². The predicted octanol–water partition coefficient (Wildman–Crippen LogP) is 5.15. The molecular weight excluding hydrogens is 288 g/mol. The molecule has 1 heterocycles. The molecule has 2 aromatic carbocycles. The van der Waals surface area contributed by atoms with E-state index in [1.807, 2.05) is 12.3 Å². The first-order valence-electron chi connectivity index (χ1n) is 7.89. The molecule has 1 aliphatic heterocycles. The third-order valence-electron chi connectivity index (χ3n) is 4.05. The number of rotatable bonds is 4. The molecule has 1 fully saturated rings. The summed E-state index contributed by atoms with van der Waals surface area (Å²) < 4.78 is 0. The highest BCUT2D eigenvalue weighted by atomic mass is 32.2. The zero-order chi connectivity index (χ0) is 15.2. The van der Waals surface area contributed by atoms with Crippen molar-refractivity contribution in [2.24, 2.45) is 4.99 Å². The van der Waals surface area contributed by atoms with Crippen molar-refractivity contribution in [3.63, 3.8) is 0 Å². The molecule has 1 aliphatic rings. The summed E-state index contributed by atoms with van der Waals surface area (Å²) in [6.07, 6.45) is 8.04. The molecule has 0 unspecified atom stereocenters. The summed E-state index contributed by atoms with van der Waals surface area (Å²) in [6.45, 7) is 2.38. The zero-order valence-corrected chi connectivity index (χ0v) is 13.9. The van der Waals surface area contributed by atoms with Crippen LogP contribution in [-0.2, 0) is 0 Å². The largest absolute Gasteiger partial charge is 0.372 e. The van der Waals surface area contributed by atoms with Crippen LogP contribution >= 0.6 is 11.8 Å². The summed E-state index contributed by atoms with van der Waals surface area (Å²) in [7, 11) is 0. The molecule has 0 aromatic heterocycles. The van der Waals surface area contributed by atoms with E-state index in [0.29, 0.717) is 0 Å². The van der Waals surface area contributed by atoms with Crippen molar-refractivity contribution in [2.45, 2.75) is 24.2 Å². The van der Waals surface area contributed by atoms with Crippen molar-refractivity contribution in [1.29, 1.82) is 0 Å². The standard InChI is InChI=1S/C19H22N2S/c1-22-19-8-4-3-7-18(19)20-15-16-9-11-17(12-10-16)21-13-5-2-6-14-21/h3-4,7-12,15H,2,5-6,13-14H2,1H3. The highest BCUT2D eigenvalue weighted by molar-refractivity contribution is 7.98. The number of para-hydroxylation sites is 1. The number of piperidine rings is 1. The molecule has 22 heavy (non-hydrogen) atoms. The summed E-state index contributed by atoms with van der Waals surface area (Å²) in [4.78, 5) is 8.32. The Morgan fingerprint density at radius 1 is 0.955 bits per heavy atom. The van der Waals surface area contributed by atoms with E-state index < -0.39 is 0 Å². The fourth-order valence-corrected chi connectivity index (χ4v) is 3.35. The van der Waals surface area contributed by atoms with Crippen molar-refractivity contribution in [1.82, 2.24) is 0 Å². The van der Waals surface area contributed by atoms with Crippen LogP contribution in [0, 0.1) is 0 Å². The van der Waals surface area contributed by atoms with Crippen molar-refractivity contribution >= 4 is 29.4 Å². The number of aliphatic imine (C=N–C) groups is 1. The van der Waals surface area contributed by atoms with Gasteiger partial charge in [-0.15, -0.1) is 11.8 Å². The van der Waals surface area contributed by atoms with E-state index in [0.717, 1.165) is 11.3 Å². The highest BCUT2D eigenvalue weighted by Crippen LogP contribution is 2.27. The molecule has 0 atom stereocenters. The SMILES string of the molecule is CSc1ccccc1N=Cc1ccc(N2CCCCC2)cc1. The maximum absolute atomic E-state index is 4.63. The minimum absolute atomic E-state index is 1.04. The van der Waals surface area contributed by atoms with Crippen molar-refractivity contribution in [2.75, 3.05) is 24.2 Å². The van der Waals surface area contributed by atoms with Gasteiger partial charge in [0, 0.05) is 29.9 Å². The van der Waals surface area contributed by atoms with Crippen LogP contribution in [0.4, 0.5) is 11.4 Å². The lowest BCUT2D eigenvalue weighted by Gasteiger charge is -2.28. The number of benzene rings is 2. The Balaban J connectivity index is 1.71. The quantitative estimate of drug-likeness (QED) is 0.573. The maximum atomic E-state index is 4.63. The fraction of sp³-hybridized carbons (Fsp3) is 0.316. The minimum Gasteiger partial charge on any atom is -0.372 e. The van der Waals surface area contributed by atoms with Crippen LogP contribution < -0.4 is 4.90 Å². The van der Waals surface area contributed by atoms with Crippen LogP contribution in [0.15, 0.2) is 58.4 Å². The lowest BCUT2D eigenvalue weighted by atomic mass is 10.1. The molecule has 0 bridgehead atoms. The molecule has 1 saturated heterocycles. The Morgan fingerprint density at radius 2 is 1.68 bits per heavy atom. The Kier molecular flexibility index (Phi) is 5.17. The second kappa shape index (κ2) is 7.50. The van der Waals surface area contributed by atoms with Gasteiger partial charge in [-0.3, -0.25) is 4.99 Å². The first-order valence-corrected chi connectivity index (χ1v) is 9.11. The second-order valence-electron chi connectivity index (χ2n) is 5.57. The Morgan fingerprint density at radius 3 is 2.41 bits per heavy atom. The summed E-state index contributed by atoms with van der Waals surface area (Å²) in [6, 6.07) is 17.0. The smallest absolute Gasteiger partial charge is 0.0765 e. The van der Waals surface area contributed by atoms with Crippen LogP contribution in [0.2, 0.25) is 0 Å². The molecular formula is C19H22N2S. The topological polar surface area (TPSA) is 15.6 Å². The van der Waals surface area contributed by atoms with E-state index >= 15 is 0 Å². The van der Waals surface area contributed by atoms with Gasteiger partial charge in [-0.1, -0.05) is 24.3 Å². The van der Waals surface area contributed by atoms with Crippen molar-refractivity contribution < 1.29 is 0 Å². The summed E-state index contributed by atoms with van der Waals surface area (Å²) in [5.41, 5.74) is 3.52. The lowest BCUT2D eigenvalue weighted by Crippen LogP contribution is -2.29. The summed E-state index contributed by atoms with van der Waals surface area (Å²) in [5.74, 6) is 0. The maximum Gasteiger partial charge on any atom is 0.0765 e. The van der Waals surface area contributed by atoms with Gasteiger partial charge in [-0.25, -0.2) is 0 Å². The fourth-order valence-electron chi connectivity index (χ4n) is 2.80. The van der Waals surface area contributed by atoms with Gasteiger partial charge in [0.05, 0.1) is 5.69 Å². The Labute approximate surface area is 137 Å². The number of thioether (sulfide) groups is 1. The van der Waals surface area contributed by atoms with Crippen LogP contribution in [0.25, 0.3) is 0 Å². The lowest BCUT2D eigenvalue weighted by molar-refractivity contribution is 0.578. The molecule has 0 saturated carbocycles. The third kappa shape index (κ3) is 3.72. The van der Waals surface area contributed by atoms with E-state index in [1.165, 1.54) is 42.9 Å². The van der Waals surface area contributed by atoms with Gasteiger partial charge in [-0.2, -0.15) is 0 Å². The molecule has 2 aromatic rings. The summed E-state index contributed by atoms with van der Waals surface area (Å²) in [5, 5.41) is 0.